The molecule has 0 saturated carbocycles. The second-order valence-electron chi connectivity index (χ2n) is 6.94. The van der Waals surface area contributed by atoms with Crippen molar-refractivity contribution in [2.24, 2.45) is 0 Å². The summed E-state index contributed by atoms with van der Waals surface area (Å²) in [5, 5.41) is 23.3. The van der Waals surface area contributed by atoms with Crippen LogP contribution in [0.4, 0.5) is 5.69 Å². The van der Waals surface area contributed by atoms with Crippen molar-refractivity contribution in [2.45, 2.75) is 37.8 Å². The fraction of sp³-hybridized carbons (Fsp3) is 0.318. The first-order valence-electron chi connectivity index (χ1n) is 10.2. The van der Waals surface area contributed by atoms with Crippen LogP contribution < -0.4 is 5.32 Å². The van der Waals surface area contributed by atoms with Gasteiger partial charge in [0.1, 0.15) is 0 Å². The molecule has 1 N–H and O–H groups in total. The van der Waals surface area contributed by atoms with Gasteiger partial charge in [-0.3, -0.25) is 19.5 Å². The molecule has 8 nitrogen and oxygen atoms in total. The highest BCUT2D eigenvalue weighted by Crippen LogP contribution is 2.29. The zero-order valence-corrected chi connectivity index (χ0v) is 18.2. The Morgan fingerprint density at radius 2 is 1.84 bits per heavy atom. The summed E-state index contributed by atoms with van der Waals surface area (Å²) < 4.78 is 1.94. The van der Waals surface area contributed by atoms with Crippen molar-refractivity contribution >= 4 is 23.4 Å². The molecule has 0 atom stereocenters. The van der Waals surface area contributed by atoms with E-state index in [4.69, 9.17) is 0 Å². The molecule has 3 aromatic rings. The molecule has 0 aliphatic heterocycles. The van der Waals surface area contributed by atoms with Gasteiger partial charge in [-0.05, 0) is 37.1 Å². The van der Waals surface area contributed by atoms with Gasteiger partial charge >= 0.3 is 0 Å². The Hall–Kier alpha value is -3.20. The summed E-state index contributed by atoms with van der Waals surface area (Å²) in [7, 11) is 0. The average Bonchev–Trinajstić information content (AvgIpc) is 3.21. The van der Waals surface area contributed by atoms with Gasteiger partial charge in [0.05, 0.1) is 4.92 Å². The molecular formula is C22H25N5O3S. The third-order valence-electron chi connectivity index (χ3n) is 4.62. The average molecular weight is 440 g/mol. The molecule has 0 fully saturated rings. The molecule has 1 heterocycles. The van der Waals surface area contributed by atoms with E-state index in [0.717, 1.165) is 42.8 Å². The van der Waals surface area contributed by atoms with Gasteiger partial charge in [0, 0.05) is 42.1 Å². The number of nitrogens with one attached hydrogen (secondary N) is 1. The van der Waals surface area contributed by atoms with Crippen LogP contribution in [0, 0.1) is 10.1 Å². The SMILES string of the molecule is CCCCNC(=O)CCCSc1nnc(-c2ccc([N+](=O)[O-])cc2)n1-c1ccccc1. The van der Waals surface area contributed by atoms with E-state index in [9.17, 15) is 14.9 Å². The van der Waals surface area contributed by atoms with E-state index in [-0.39, 0.29) is 11.6 Å². The highest BCUT2D eigenvalue weighted by molar-refractivity contribution is 7.99. The van der Waals surface area contributed by atoms with E-state index in [0.29, 0.717) is 17.4 Å². The monoisotopic (exact) mass is 439 g/mol. The first-order valence-corrected chi connectivity index (χ1v) is 11.2. The van der Waals surface area contributed by atoms with Crippen LogP contribution in [-0.2, 0) is 4.79 Å². The number of thioether (sulfide) groups is 1. The van der Waals surface area contributed by atoms with E-state index in [2.05, 4.69) is 22.4 Å². The zero-order valence-electron chi connectivity index (χ0n) is 17.4. The number of amides is 1. The second kappa shape index (κ2) is 11.3. The number of para-hydroxylation sites is 1. The molecule has 31 heavy (non-hydrogen) atoms. The van der Waals surface area contributed by atoms with Crippen LogP contribution >= 0.6 is 11.8 Å². The molecule has 0 bridgehead atoms. The number of rotatable bonds is 11. The molecule has 1 amide bonds. The van der Waals surface area contributed by atoms with Gasteiger partial charge in [-0.15, -0.1) is 10.2 Å². The molecule has 0 spiro atoms. The Bertz CT molecular complexity index is 1010. The number of aromatic nitrogens is 3. The number of carbonyl (C=O) groups excluding carboxylic acids is 1. The summed E-state index contributed by atoms with van der Waals surface area (Å²) in [6.45, 7) is 2.82. The minimum Gasteiger partial charge on any atom is -0.356 e. The summed E-state index contributed by atoms with van der Waals surface area (Å²) in [6.07, 6.45) is 3.26. The Morgan fingerprint density at radius 1 is 1.10 bits per heavy atom. The number of hydrogen-bond donors (Lipinski definition) is 1. The first kappa shape index (κ1) is 22.5. The standard InChI is InChI=1S/C22H25N5O3S/c1-2-3-15-23-20(28)10-7-16-31-22-25-24-21(26(22)18-8-5-4-6-9-18)17-11-13-19(14-12-17)27(29)30/h4-6,8-9,11-14H,2-3,7,10,15-16H2,1H3,(H,23,28). The highest BCUT2D eigenvalue weighted by Gasteiger charge is 2.17. The van der Waals surface area contributed by atoms with Crippen LogP contribution in [0.15, 0.2) is 59.8 Å². The minimum absolute atomic E-state index is 0.0290. The van der Waals surface area contributed by atoms with Gasteiger partial charge in [0.25, 0.3) is 5.69 Å². The Kier molecular flexibility index (Phi) is 8.17. The number of nitrogens with zero attached hydrogens (tertiary/aromatic N) is 4. The van der Waals surface area contributed by atoms with Crippen LogP contribution in [0.1, 0.15) is 32.6 Å². The maximum Gasteiger partial charge on any atom is 0.269 e. The lowest BCUT2D eigenvalue weighted by atomic mass is 10.2. The van der Waals surface area contributed by atoms with Gasteiger partial charge in [-0.2, -0.15) is 0 Å². The predicted octanol–water partition coefficient (Wildman–Crippen LogP) is 4.63. The molecule has 2 aromatic carbocycles. The maximum atomic E-state index is 11.9. The fourth-order valence-corrected chi connectivity index (χ4v) is 3.87. The van der Waals surface area contributed by atoms with Crippen molar-refractivity contribution in [3.8, 4) is 17.1 Å². The molecule has 9 heteroatoms. The molecule has 1 aromatic heterocycles. The summed E-state index contributed by atoms with van der Waals surface area (Å²) in [4.78, 5) is 22.4. The smallest absolute Gasteiger partial charge is 0.269 e. The molecule has 0 saturated heterocycles. The number of carbonyl (C=O) groups is 1. The van der Waals surface area contributed by atoms with Crippen molar-refractivity contribution in [3.05, 3.63) is 64.7 Å². The summed E-state index contributed by atoms with van der Waals surface area (Å²) >= 11 is 1.54. The molecule has 0 radical (unpaired) electrons. The fourth-order valence-electron chi connectivity index (χ4n) is 2.98. The number of nitro benzene ring substituents is 1. The van der Waals surface area contributed by atoms with Crippen molar-refractivity contribution in [1.29, 1.82) is 0 Å². The lowest BCUT2D eigenvalue weighted by molar-refractivity contribution is -0.384. The van der Waals surface area contributed by atoms with E-state index < -0.39 is 4.92 Å². The van der Waals surface area contributed by atoms with Crippen LogP contribution in [0.25, 0.3) is 17.1 Å². The lowest BCUT2D eigenvalue weighted by Gasteiger charge is -2.10. The van der Waals surface area contributed by atoms with Crippen LogP contribution in [0.5, 0.6) is 0 Å². The molecule has 162 valence electrons. The molecular weight excluding hydrogens is 414 g/mol. The van der Waals surface area contributed by atoms with Crippen molar-refractivity contribution in [3.63, 3.8) is 0 Å². The largest absolute Gasteiger partial charge is 0.356 e. The Balaban J connectivity index is 1.74. The number of hydrogen-bond acceptors (Lipinski definition) is 6. The van der Waals surface area contributed by atoms with Gasteiger partial charge in [-0.1, -0.05) is 43.3 Å². The molecule has 0 aliphatic carbocycles. The van der Waals surface area contributed by atoms with E-state index in [1.807, 2.05) is 34.9 Å². The summed E-state index contributed by atoms with van der Waals surface area (Å²) in [5.74, 6) is 1.41. The number of benzene rings is 2. The van der Waals surface area contributed by atoms with Crippen LogP contribution in [0.2, 0.25) is 0 Å². The number of nitro groups is 1. The van der Waals surface area contributed by atoms with Gasteiger partial charge < -0.3 is 5.32 Å². The minimum atomic E-state index is -0.425. The third-order valence-corrected chi connectivity index (χ3v) is 5.63. The van der Waals surface area contributed by atoms with Crippen molar-refractivity contribution < 1.29 is 9.72 Å². The zero-order chi connectivity index (χ0) is 22.1. The topological polar surface area (TPSA) is 103 Å². The van der Waals surface area contributed by atoms with Crippen LogP contribution in [-0.4, -0.2) is 37.9 Å². The summed E-state index contributed by atoms with van der Waals surface area (Å²) in [5.41, 5.74) is 1.67. The van der Waals surface area contributed by atoms with Gasteiger partial charge in [0.2, 0.25) is 5.91 Å². The number of unbranched alkanes of at least 4 members (excludes halogenated alkanes) is 1. The number of non-ortho nitro benzene ring substituents is 1. The van der Waals surface area contributed by atoms with Crippen molar-refractivity contribution in [2.75, 3.05) is 12.3 Å². The van der Waals surface area contributed by atoms with E-state index in [1.54, 1.807) is 12.1 Å². The van der Waals surface area contributed by atoms with Gasteiger partial charge in [-0.25, -0.2) is 0 Å². The quantitative estimate of drug-likeness (QED) is 0.202. The third kappa shape index (κ3) is 6.14. The van der Waals surface area contributed by atoms with Crippen LogP contribution in [0.3, 0.4) is 0 Å². The molecule has 0 aliphatic rings. The Labute approximate surface area is 185 Å². The lowest BCUT2D eigenvalue weighted by Crippen LogP contribution is -2.24. The first-order chi connectivity index (χ1) is 15.1. The highest BCUT2D eigenvalue weighted by atomic mass is 32.2. The van der Waals surface area contributed by atoms with E-state index in [1.165, 1.54) is 23.9 Å². The molecule has 3 rings (SSSR count). The summed E-state index contributed by atoms with van der Waals surface area (Å²) in [6, 6.07) is 16.0. The maximum absolute atomic E-state index is 11.9. The van der Waals surface area contributed by atoms with E-state index >= 15 is 0 Å². The van der Waals surface area contributed by atoms with Gasteiger partial charge in [0.15, 0.2) is 11.0 Å². The normalized spacial score (nSPS) is 10.7. The molecule has 0 unspecified atom stereocenters. The predicted molar refractivity (Wildman–Crippen MR) is 121 cm³/mol. The second-order valence-corrected chi connectivity index (χ2v) is 8.00. The Morgan fingerprint density at radius 3 is 2.52 bits per heavy atom. The van der Waals surface area contributed by atoms with Crippen molar-refractivity contribution in [1.82, 2.24) is 20.1 Å².